The molecule has 5 nitrogen and oxygen atoms in total. The summed E-state index contributed by atoms with van der Waals surface area (Å²) < 4.78 is 12.8. The highest BCUT2D eigenvalue weighted by molar-refractivity contribution is 5.81. The van der Waals surface area contributed by atoms with Gasteiger partial charge in [0.15, 0.2) is 12.6 Å². The zero-order chi connectivity index (χ0) is 18.3. The predicted molar refractivity (Wildman–Crippen MR) is 92.2 cm³/mol. The fourth-order valence-corrected chi connectivity index (χ4v) is 2.23. The molecule has 2 amide bonds. The monoisotopic (exact) mass is 338 g/mol. The smallest absolute Gasteiger partial charge is 0.278 e. The molecule has 0 heterocycles. The van der Waals surface area contributed by atoms with Crippen molar-refractivity contribution < 1.29 is 18.9 Å². The Morgan fingerprint density at radius 2 is 1.79 bits per heavy atom. The minimum atomic E-state index is -0.330. The lowest BCUT2D eigenvalue weighted by molar-refractivity contribution is -0.886. The molecule has 1 unspecified atom stereocenters. The standard InChI is InChI=1S/C18H28FN3O2/c1-13(22(5)12-16(23)21-18(2,3)4)17(24)20-11-10-14-6-8-15(19)9-7-14/h6-9,13H,10-12H2,1-5H3,(H,20,24)(H,21,23)/p+1/t13-/m1/s1. The van der Waals surface area contributed by atoms with Crippen molar-refractivity contribution in [3.05, 3.63) is 35.6 Å². The maximum Gasteiger partial charge on any atom is 0.278 e. The predicted octanol–water partition coefficient (Wildman–Crippen LogP) is 0.302. The Bertz CT molecular complexity index is 552. The number of halogens is 1. The molecule has 0 radical (unpaired) electrons. The van der Waals surface area contributed by atoms with E-state index in [0.29, 0.717) is 13.0 Å². The molecule has 1 rings (SSSR count). The third-order valence-corrected chi connectivity index (χ3v) is 3.71. The second-order valence-corrected chi connectivity index (χ2v) is 7.21. The lowest BCUT2D eigenvalue weighted by atomic mass is 10.1. The Morgan fingerprint density at radius 3 is 2.33 bits per heavy atom. The van der Waals surface area contributed by atoms with Gasteiger partial charge in [-0.3, -0.25) is 9.59 Å². The van der Waals surface area contributed by atoms with Gasteiger partial charge in [-0.2, -0.15) is 0 Å². The quantitative estimate of drug-likeness (QED) is 0.670. The maximum atomic E-state index is 12.8. The number of benzene rings is 1. The summed E-state index contributed by atoms with van der Waals surface area (Å²) in [5.74, 6) is -0.445. The number of carbonyl (C=O) groups excluding carboxylic acids is 2. The Hall–Kier alpha value is -1.95. The van der Waals surface area contributed by atoms with E-state index < -0.39 is 0 Å². The van der Waals surface area contributed by atoms with Crippen molar-refractivity contribution in [1.29, 1.82) is 0 Å². The van der Waals surface area contributed by atoms with Crippen molar-refractivity contribution in [2.24, 2.45) is 0 Å². The molecule has 6 heteroatoms. The number of likely N-dealkylation sites (N-methyl/N-ethyl adjacent to an activating group) is 1. The minimum Gasteiger partial charge on any atom is -0.351 e. The van der Waals surface area contributed by atoms with Crippen LogP contribution in [0.5, 0.6) is 0 Å². The van der Waals surface area contributed by atoms with Crippen molar-refractivity contribution in [1.82, 2.24) is 10.6 Å². The van der Waals surface area contributed by atoms with E-state index in [1.807, 2.05) is 27.8 Å². The van der Waals surface area contributed by atoms with Crippen LogP contribution in [-0.2, 0) is 16.0 Å². The number of hydrogen-bond donors (Lipinski definition) is 3. The van der Waals surface area contributed by atoms with E-state index >= 15 is 0 Å². The molecule has 0 aromatic heterocycles. The van der Waals surface area contributed by atoms with Crippen LogP contribution in [0.4, 0.5) is 4.39 Å². The summed E-state index contributed by atoms with van der Waals surface area (Å²) in [5, 5.41) is 5.75. The van der Waals surface area contributed by atoms with Gasteiger partial charge in [0, 0.05) is 12.1 Å². The fraction of sp³-hybridized carbons (Fsp3) is 0.556. The highest BCUT2D eigenvalue weighted by atomic mass is 19.1. The van der Waals surface area contributed by atoms with E-state index in [0.717, 1.165) is 10.5 Å². The summed E-state index contributed by atoms with van der Waals surface area (Å²) in [5.41, 5.74) is 0.687. The van der Waals surface area contributed by atoms with Crippen LogP contribution < -0.4 is 15.5 Å². The molecule has 134 valence electrons. The molecule has 1 aromatic carbocycles. The molecule has 0 aliphatic rings. The van der Waals surface area contributed by atoms with Gasteiger partial charge in [0.25, 0.3) is 11.8 Å². The van der Waals surface area contributed by atoms with E-state index in [-0.39, 0.29) is 35.8 Å². The Labute approximate surface area is 143 Å². The van der Waals surface area contributed by atoms with Gasteiger partial charge in [-0.15, -0.1) is 0 Å². The van der Waals surface area contributed by atoms with E-state index in [1.165, 1.54) is 12.1 Å². The molecular weight excluding hydrogens is 309 g/mol. The van der Waals surface area contributed by atoms with Crippen LogP contribution in [-0.4, -0.2) is 43.5 Å². The molecule has 0 saturated carbocycles. The average molecular weight is 338 g/mol. The van der Waals surface area contributed by atoms with Crippen LogP contribution in [0.25, 0.3) is 0 Å². The lowest BCUT2D eigenvalue weighted by Gasteiger charge is -2.24. The normalized spacial score (nSPS) is 13.9. The lowest BCUT2D eigenvalue weighted by Crippen LogP contribution is -3.15. The average Bonchev–Trinajstić information content (AvgIpc) is 2.46. The summed E-state index contributed by atoms with van der Waals surface area (Å²) in [7, 11) is 1.83. The SMILES string of the molecule is C[C@H](C(=O)NCCc1ccc(F)cc1)[NH+](C)CC(=O)NC(C)(C)C. The largest absolute Gasteiger partial charge is 0.351 e. The molecule has 0 aliphatic carbocycles. The van der Waals surface area contributed by atoms with Crippen LogP contribution >= 0.6 is 0 Å². The molecule has 0 saturated heterocycles. The van der Waals surface area contributed by atoms with Crippen molar-refractivity contribution in [3.8, 4) is 0 Å². The molecule has 0 spiro atoms. The van der Waals surface area contributed by atoms with Gasteiger partial charge in [-0.1, -0.05) is 12.1 Å². The zero-order valence-corrected chi connectivity index (χ0v) is 15.2. The highest BCUT2D eigenvalue weighted by Crippen LogP contribution is 2.02. The summed E-state index contributed by atoms with van der Waals surface area (Å²) in [6.45, 7) is 8.29. The van der Waals surface area contributed by atoms with Crippen LogP contribution in [0, 0.1) is 5.82 Å². The third-order valence-electron chi connectivity index (χ3n) is 3.71. The Balaban J connectivity index is 2.37. The first-order chi connectivity index (χ1) is 11.1. The van der Waals surface area contributed by atoms with E-state index in [2.05, 4.69) is 10.6 Å². The summed E-state index contributed by atoms with van der Waals surface area (Å²) in [4.78, 5) is 24.9. The van der Waals surface area contributed by atoms with Crippen LogP contribution in [0.15, 0.2) is 24.3 Å². The summed E-state index contributed by atoms with van der Waals surface area (Å²) in [6.07, 6.45) is 0.641. The summed E-state index contributed by atoms with van der Waals surface area (Å²) in [6, 6.07) is 5.90. The van der Waals surface area contributed by atoms with Crippen LogP contribution in [0.1, 0.15) is 33.3 Å². The van der Waals surface area contributed by atoms with Crippen molar-refractivity contribution >= 4 is 11.8 Å². The number of quaternary nitrogens is 1. The molecule has 2 atom stereocenters. The van der Waals surface area contributed by atoms with Crippen molar-refractivity contribution in [3.63, 3.8) is 0 Å². The van der Waals surface area contributed by atoms with Gasteiger partial charge >= 0.3 is 0 Å². The molecular formula is C18H29FN3O2+. The topological polar surface area (TPSA) is 62.6 Å². The van der Waals surface area contributed by atoms with Gasteiger partial charge in [0.1, 0.15) is 5.82 Å². The fourth-order valence-electron chi connectivity index (χ4n) is 2.23. The van der Waals surface area contributed by atoms with Crippen molar-refractivity contribution in [2.45, 2.75) is 45.7 Å². The second-order valence-electron chi connectivity index (χ2n) is 7.21. The first kappa shape index (κ1) is 20.1. The van der Waals surface area contributed by atoms with E-state index in [4.69, 9.17) is 0 Å². The number of rotatable bonds is 7. The van der Waals surface area contributed by atoms with Crippen LogP contribution in [0.2, 0.25) is 0 Å². The van der Waals surface area contributed by atoms with Gasteiger partial charge in [-0.25, -0.2) is 4.39 Å². The van der Waals surface area contributed by atoms with Crippen LogP contribution in [0.3, 0.4) is 0 Å². The van der Waals surface area contributed by atoms with E-state index in [9.17, 15) is 14.0 Å². The van der Waals surface area contributed by atoms with Gasteiger partial charge in [0.05, 0.1) is 7.05 Å². The first-order valence-electron chi connectivity index (χ1n) is 8.24. The van der Waals surface area contributed by atoms with E-state index in [1.54, 1.807) is 19.1 Å². The number of amides is 2. The zero-order valence-electron chi connectivity index (χ0n) is 15.2. The second kappa shape index (κ2) is 8.78. The van der Waals surface area contributed by atoms with Gasteiger partial charge in [0.2, 0.25) is 0 Å². The molecule has 24 heavy (non-hydrogen) atoms. The molecule has 0 aliphatic heterocycles. The highest BCUT2D eigenvalue weighted by Gasteiger charge is 2.25. The van der Waals surface area contributed by atoms with Gasteiger partial charge in [-0.05, 0) is 51.8 Å². The van der Waals surface area contributed by atoms with Crippen molar-refractivity contribution in [2.75, 3.05) is 20.1 Å². The molecule has 0 bridgehead atoms. The Kier molecular flexibility index (Phi) is 7.35. The number of carbonyl (C=O) groups is 2. The minimum absolute atomic E-state index is 0.0778. The molecule has 3 N–H and O–H groups in total. The van der Waals surface area contributed by atoms with Gasteiger partial charge < -0.3 is 15.5 Å². The number of nitrogens with one attached hydrogen (secondary N) is 3. The first-order valence-corrected chi connectivity index (χ1v) is 8.24. The third kappa shape index (κ3) is 7.55. The number of hydrogen-bond acceptors (Lipinski definition) is 2. The Morgan fingerprint density at radius 1 is 1.21 bits per heavy atom. The molecule has 0 fully saturated rings. The molecule has 1 aromatic rings. The maximum absolute atomic E-state index is 12.8. The summed E-state index contributed by atoms with van der Waals surface area (Å²) >= 11 is 0.